The highest BCUT2D eigenvalue weighted by Gasteiger charge is 2.26. The van der Waals surface area contributed by atoms with Crippen LogP contribution < -0.4 is 10.6 Å². The minimum Gasteiger partial charge on any atom is -0.465 e. The number of benzene rings is 1. The van der Waals surface area contributed by atoms with Gasteiger partial charge < -0.3 is 15.4 Å². The smallest absolute Gasteiger partial charge is 0.341 e. The Morgan fingerprint density at radius 3 is 2.73 bits per heavy atom. The molecule has 1 aromatic carbocycles. The van der Waals surface area contributed by atoms with E-state index in [1.165, 1.54) is 24.5 Å². The summed E-state index contributed by atoms with van der Waals surface area (Å²) in [5.41, 5.74) is 4.60. The van der Waals surface area contributed by atoms with Gasteiger partial charge in [-0.3, -0.25) is 4.68 Å². The van der Waals surface area contributed by atoms with Crippen molar-refractivity contribution in [3.05, 3.63) is 63.0 Å². The van der Waals surface area contributed by atoms with Gasteiger partial charge in [0.15, 0.2) is 5.11 Å². The van der Waals surface area contributed by atoms with Crippen LogP contribution in [0.1, 0.15) is 57.0 Å². The Balaban J connectivity index is 1.55. The maximum atomic E-state index is 14.1. The van der Waals surface area contributed by atoms with Gasteiger partial charge >= 0.3 is 5.97 Å². The molecular formula is C24H27FN4O2S2. The number of esters is 1. The van der Waals surface area contributed by atoms with Crippen LogP contribution in [0.4, 0.5) is 15.1 Å². The molecule has 33 heavy (non-hydrogen) atoms. The van der Waals surface area contributed by atoms with E-state index in [9.17, 15) is 9.18 Å². The van der Waals surface area contributed by atoms with E-state index in [1.807, 2.05) is 19.9 Å². The lowest BCUT2D eigenvalue weighted by Crippen LogP contribution is -2.21. The summed E-state index contributed by atoms with van der Waals surface area (Å²) in [6, 6.07) is 6.68. The van der Waals surface area contributed by atoms with E-state index in [4.69, 9.17) is 17.0 Å². The molecule has 0 fully saturated rings. The molecule has 6 nitrogen and oxygen atoms in total. The van der Waals surface area contributed by atoms with E-state index in [0.29, 0.717) is 27.8 Å². The van der Waals surface area contributed by atoms with E-state index >= 15 is 0 Å². The first-order valence-electron chi connectivity index (χ1n) is 11.0. The van der Waals surface area contributed by atoms with Gasteiger partial charge in [-0.05, 0) is 63.4 Å². The molecule has 0 saturated carbocycles. The van der Waals surface area contributed by atoms with E-state index in [-0.39, 0.29) is 11.8 Å². The van der Waals surface area contributed by atoms with Crippen LogP contribution in [0.15, 0.2) is 24.3 Å². The lowest BCUT2D eigenvalue weighted by molar-refractivity contribution is 0.0601. The largest absolute Gasteiger partial charge is 0.465 e. The van der Waals surface area contributed by atoms with Crippen molar-refractivity contribution in [2.75, 3.05) is 17.7 Å². The van der Waals surface area contributed by atoms with Crippen LogP contribution in [-0.4, -0.2) is 28.0 Å². The fourth-order valence-electron chi connectivity index (χ4n) is 4.22. The van der Waals surface area contributed by atoms with Crippen molar-refractivity contribution in [3.8, 4) is 0 Å². The standard InChI is InChI=1S/C24H27FN4O2S2/c1-14-21(15(2)29(28-14)13-16-9-7-8-11-18(16)25)26-24(32)27-22-20(23(30)31-3)17-10-5-4-6-12-19(17)33-22/h7-9,11H,4-6,10,12-13H2,1-3H3,(H2,26,27,32). The average Bonchev–Trinajstić information content (AvgIpc) is 3.14. The van der Waals surface area contributed by atoms with Gasteiger partial charge in [-0.25, -0.2) is 9.18 Å². The van der Waals surface area contributed by atoms with Gasteiger partial charge in [0.2, 0.25) is 0 Å². The van der Waals surface area contributed by atoms with Gasteiger partial charge in [0.1, 0.15) is 10.8 Å². The Labute approximate surface area is 202 Å². The number of methoxy groups -OCH3 is 1. The number of halogens is 1. The Morgan fingerprint density at radius 1 is 1.21 bits per heavy atom. The predicted molar refractivity (Wildman–Crippen MR) is 134 cm³/mol. The summed E-state index contributed by atoms with van der Waals surface area (Å²) in [6.07, 6.45) is 5.19. The maximum absolute atomic E-state index is 14.1. The molecule has 2 aromatic heterocycles. The van der Waals surface area contributed by atoms with Crippen LogP contribution in [0.25, 0.3) is 0 Å². The highest BCUT2D eigenvalue weighted by atomic mass is 32.1. The first kappa shape index (κ1) is 23.4. The molecule has 174 valence electrons. The monoisotopic (exact) mass is 486 g/mol. The number of hydrogen-bond acceptors (Lipinski definition) is 5. The number of ether oxygens (including phenoxy) is 1. The molecule has 0 aliphatic heterocycles. The van der Waals surface area contributed by atoms with Crippen LogP contribution in [0.2, 0.25) is 0 Å². The van der Waals surface area contributed by atoms with Gasteiger partial charge in [0.05, 0.1) is 36.3 Å². The predicted octanol–water partition coefficient (Wildman–Crippen LogP) is 5.61. The second kappa shape index (κ2) is 10.0. The normalized spacial score (nSPS) is 13.2. The SMILES string of the molecule is COC(=O)c1c(NC(=S)Nc2c(C)nn(Cc3ccccc3F)c2C)sc2c1CCCCC2. The third-order valence-corrected chi connectivity index (χ3v) is 7.35. The molecule has 9 heteroatoms. The molecule has 0 unspecified atom stereocenters. The minimum absolute atomic E-state index is 0.260. The zero-order chi connectivity index (χ0) is 23.5. The van der Waals surface area contributed by atoms with Gasteiger partial charge in [-0.1, -0.05) is 24.6 Å². The molecular weight excluding hydrogens is 459 g/mol. The molecule has 3 aromatic rings. The lowest BCUT2D eigenvalue weighted by atomic mass is 10.1. The number of nitrogens with zero attached hydrogens (tertiary/aromatic N) is 2. The van der Waals surface area contributed by atoms with Gasteiger partial charge in [0.25, 0.3) is 0 Å². The van der Waals surface area contributed by atoms with Crippen molar-refractivity contribution in [3.63, 3.8) is 0 Å². The average molecular weight is 487 g/mol. The van der Waals surface area contributed by atoms with Crippen molar-refractivity contribution >= 4 is 45.3 Å². The van der Waals surface area contributed by atoms with E-state index in [0.717, 1.165) is 48.3 Å². The molecule has 0 saturated heterocycles. The molecule has 2 N–H and O–H groups in total. The van der Waals surface area contributed by atoms with Gasteiger partial charge in [-0.2, -0.15) is 5.10 Å². The van der Waals surface area contributed by atoms with Crippen molar-refractivity contribution in [2.45, 2.75) is 52.5 Å². The number of carbonyl (C=O) groups is 1. The Bertz CT molecular complexity index is 1200. The molecule has 1 aliphatic rings. The summed E-state index contributed by atoms with van der Waals surface area (Å²) in [4.78, 5) is 13.8. The Kier molecular flexibility index (Phi) is 7.09. The van der Waals surface area contributed by atoms with Crippen LogP contribution in [0.5, 0.6) is 0 Å². The Hall–Kier alpha value is -2.78. The van der Waals surface area contributed by atoms with Gasteiger partial charge in [0, 0.05) is 10.4 Å². The number of anilines is 2. The fraction of sp³-hybridized carbons (Fsp3) is 0.375. The lowest BCUT2D eigenvalue weighted by Gasteiger charge is -2.12. The molecule has 0 radical (unpaired) electrons. The second-order valence-electron chi connectivity index (χ2n) is 8.13. The molecule has 4 rings (SSSR count). The van der Waals surface area contributed by atoms with E-state index < -0.39 is 0 Å². The third kappa shape index (κ3) is 4.94. The van der Waals surface area contributed by atoms with Crippen LogP contribution in [-0.2, 0) is 24.1 Å². The van der Waals surface area contributed by atoms with Gasteiger partial charge in [-0.15, -0.1) is 11.3 Å². The minimum atomic E-state index is -0.343. The van der Waals surface area contributed by atoms with Crippen molar-refractivity contribution in [2.24, 2.45) is 0 Å². The summed E-state index contributed by atoms with van der Waals surface area (Å²) in [6.45, 7) is 4.12. The first-order chi connectivity index (χ1) is 15.9. The number of fused-ring (bicyclic) bond motifs is 1. The number of thiocarbonyl (C=S) groups is 1. The number of aromatic nitrogens is 2. The van der Waals surface area contributed by atoms with Crippen LogP contribution >= 0.6 is 23.6 Å². The summed E-state index contributed by atoms with van der Waals surface area (Å²) in [5.74, 6) is -0.602. The van der Waals surface area contributed by atoms with Crippen LogP contribution in [0, 0.1) is 19.7 Å². The zero-order valence-electron chi connectivity index (χ0n) is 19.0. The highest BCUT2D eigenvalue weighted by Crippen LogP contribution is 2.38. The molecule has 0 bridgehead atoms. The summed E-state index contributed by atoms with van der Waals surface area (Å²) in [5, 5.41) is 12.1. The maximum Gasteiger partial charge on any atom is 0.341 e. The topological polar surface area (TPSA) is 68.2 Å². The quantitative estimate of drug-likeness (QED) is 0.277. The van der Waals surface area contributed by atoms with Crippen LogP contribution in [0.3, 0.4) is 0 Å². The van der Waals surface area contributed by atoms with Crippen molar-refractivity contribution in [1.29, 1.82) is 0 Å². The molecule has 0 amide bonds. The second-order valence-corrected chi connectivity index (χ2v) is 9.65. The van der Waals surface area contributed by atoms with E-state index in [1.54, 1.807) is 28.2 Å². The number of aryl methyl sites for hydroxylation is 2. The number of rotatable bonds is 5. The summed E-state index contributed by atoms with van der Waals surface area (Å²) in [7, 11) is 1.40. The zero-order valence-corrected chi connectivity index (χ0v) is 20.6. The number of carbonyl (C=O) groups excluding carboxylic acids is 1. The third-order valence-electron chi connectivity index (χ3n) is 5.94. The van der Waals surface area contributed by atoms with Crippen molar-refractivity contribution in [1.82, 2.24) is 9.78 Å². The molecule has 1 aliphatic carbocycles. The van der Waals surface area contributed by atoms with E-state index in [2.05, 4.69) is 15.7 Å². The molecule has 2 heterocycles. The number of nitrogens with one attached hydrogen (secondary N) is 2. The number of hydrogen-bond donors (Lipinski definition) is 2. The fourth-order valence-corrected chi connectivity index (χ4v) is 5.77. The molecule has 0 atom stereocenters. The Morgan fingerprint density at radius 2 is 1.97 bits per heavy atom. The summed E-state index contributed by atoms with van der Waals surface area (Å²) < 4.78 is 20.9. The summed E-state index contributed by atoms with van der Waals surface area (Å²) >= 11 is 7.16. The highest BCUT2D eigenvalue weighted by molar-refractivity contribution is 7.80. The molecule has 0 spiro atoms. The number of thiophene rings is 1. The first-order valence-corrected chi connectivity index (χ1v) is 12.2. The van der Waals surface area contributed by atoms with Crippen molar-refractivity contribution < 1.29 is 13.9 Å².